The fourth-order valence-corrected chi connectivity index (χ4v) is 10.1. The molecule has 1 unspecified atom stereocenters. The molecule has 3 amide bonds. The van der Waals surface area contributed by atoms with Crippen LogP contribution in [0.2, 0.25) is 0 Å². The molecule has 5 fully saturated rings. The van der Waals surface area contributed by atoms with Gasteiger partial charge in [0.2, 0.25) is 17.7 Å². The lowest BCUT2D eigenvalue weighted by Crippen LogP contribution is -2.54. The Bertz CT molecular complexity index is 2300. The Kier molecular flexibility index (Phi) is 10.2. The van der Waals surface area contributed by atoms with Gasteiger partial charge in [-0.2, -0.15) is 5.10 Å². The first-order chi connectivity index (χ1) is 29.1. The number of carbonyl (C=O) groups excluding carboxylic acids is 3. The van der Waals surface area contributed by atoms with Crippen molar-refractivity contribution in [1.82, 2.24) is 45.2 Å². The van der Waals surface area contributed by atoms with Crippen LogP contribution in [-0.4, -0.2) is 134 Å². The van der Waals surface area contributed by atoms with E-state index in [4.69, 9.17) is 4.74 Å². The largest absolute Gasteiger partial charge is 0.471 e. The van der Waals surface area contributed by atoms with E-state index < -0.39 is 11.9 Å². The molecule has 8 heterocycles. The Labute approximate surface area is 349 Å². The van der Waals surface area contributed by atoms with Crippen LogP contribution >= 0.6 is 0 Å². The second kappa shape index (κ2) is 15.7. The number of aromatic amines is 1. The highest BCUT2D eigenvalue weighted by molar-refractivity contribution is 6.05. The number of piperidine rings is 3. The molecule has 0 spiro atoms. The predicted octanol–water partition coefficient (Wildman–Crippen LogP) is 4.39. The van der Waals surface area contributed by atoms with Gasteiger partial charge in [0.05, 0.1) is 29.6 Å². The lowest BCUT2D eigenvalue weighted by molar-refractivity contribution is -0.136. The van der Waals surface area contributed by atoms with Crippen molar-refractivity contribution in [3.8, 4) is 17.3 Å². The van der Waals surface area contributed by atoms with Crippen molar-refractivity contribution in [2.24, 2.45) is 11.8 Å². The van der Waals surface area contributed by atoms with Crippen molar-refractivity contribution >= 4 is 40.1 Å². The number of nitrogens with one attached hydrogen (secondary N) is 2. The molecule has 6 aliphatic rings. The summed E-state index contributed by atoms with van der Waals surface area (Å²) in [5.41, 5.74) is 3.50. The maximum Gasteiger partial charge on any atom is 0.255 e. The van der Waals surface area contributed by atoms with Gasteiger partial charge < -0.3 is 24.3 Å². The van der Waals surface area contributed by atoms with Crippen molar-refractivity contribution in [2.75, 3.05) is 68.7 Å². The third kappa shape index (κ3) is 7.68. The summed E-state index contributed by atoms with van der Waals surface area (Å²) in [4.78, 5) is 62.2. The van der Waals surface area contributed by atoms with E-state index in [-0.39, 0.29) is 42.6 Å². The zero-order valence-electron chi connectivity index (χ0n) is 34.5. The summed E-state index contributed by atoms with van der Waals surface area (Å²) >= 11 is 0. The van der Waals surface area contributed by atoms with E-state index in [1.54, 1.807) is 24.7 Å². The van der Waals surface area contributed by atoms with Gasteiger partial charge >= 0.3 is 0 Å². The number of anilines is 2. The lowest BCUT2D eigenvalue weighted by Gasteiger charge is -2.44. The van der Waals surface area contributed by atoms with Crippen molar-refractivity contribution in [2.45, 2.75) is 89.4 Å². The molecule has 5 aliphatic heterocycles. The molecular weight excluding hydrogens is 766 g/mol. The topological polar surface area (TPSA) is 156 Å². The Hall–Kier alpha value is -5.22. The van der Waals surface area contributed by atoms with Crippen LogP contribution in [0.3, 0.4) is 0 Å². The number of hydrogen-bond acceptors (Lipinski definition) is 12. The molecule has 16 heteroatoms. The number of aromatic nitrogens is 5. The highest BCUT2D eigenvalue weighted by atomic mass is 19.1. The van der Waals surface area contributed by atoms with Crippen LogP contribution in [0.25, 0.3) is 22.3 Å². The van der Waals surface area contributed by atoms with E-state index in [1.165, 1.54) is 4.90 Å². The van der Waals surface area contributed by atoms with Gasteiger partial charge in [-0.3, -0.25) is 29.7 Å². The van der Waals surface area contributed by atoms with E-state index in [2.05, 4.69) is 70.0 Å². The number of benzene rings is 1. The number of carbonyl (C=O) groups is 3. The average molecular weight is 820 g/mol. The quantitative estimate of drug-likeness (QED) is 0.218. The van der Waals surface area contributed by atoms with Crippen LogP contribution in [0, 0.1) is 17.7 Å². The van der Waals surface area contributed by atoms with Gasteiger partial charge in [-0.05, 0) is 82.8 Å². The van der Waals surface area contributed by atoms with Crippen molar-refractivity contribution in [3.63, 3.8) is 0 Å². The second-order valence-electron chi connectivity index (χ2n) is 18.2. The van der Waals surface area contributed by atoms with Gasteiger partial charge in [0.25, 0.3) is 5.91 Å². The molecule has 3 aromatic heterocycles. The summed E-state index contributed by atoms with van der Waals surface area (Å²) in [6.07, 6.45) is 10.2. The number of fused-ring (bicyclic) bond motifs is 2. The summed E-state index contributed by atoms with van der Waals surface area (Å²) < 4.78 is 22.1. The van der Waals surface area contributed by atoms with Gasteiger partial charge in [0.1, 0.15) is 29.5 Å². The highest BCUT2D eigenvalue weighted by Gasteiger charge is 2.42. The Morgan fingerprint density at radius 1 is 0.900 bits per heavy atom. The number of piperazine rings is 1. The molecule has 1 aliphatic carbocycles. The third-order valence-electron chi connectivity index (χ3n) is 14.0. The van der Waals surface area contributed by atoms with Gasteiger partial charge in [-0.1, -0.05) is 0 Å². The molecule has 316 valence electrons. The smallest absolute Gasteiger partial charge is 0.255 e. The van der Waals surface area contributed by atoms with Crippen LogP contribution < -0.4 is 19.9 Å². The summed E-state index contributed by atoms with van der Waals surface area (Å²) in [7, 11) is 0. The Morgan fingerprint density at radius 3 is 2.42 bits per heavy atom. The first-order valence-corrected chi connectivity index (χ1v) is 21.9. The normalized spacial score (nSPS) is 24.3. The van der Waals surface area contributed by atoms with Crippen molar-refractivity contribution in [1.29, 1.82) is 0 Å². The number of ether oxygens (including phenoxy) is 1. The monoisotopic (exact) mass is 819 g/mol. The molecule has 0 radical (unpaired) electrons. The third-order valence-corrected chi connectivity index (χ3v) is 14.0. The van der Waals surface area contributed by atoms with Crippen LogP contribution in [0.5, 0.6) is 5.88 Å². The SMILES string of the molecule is C[C@H]1CN(CC2CCN(c3ccc4c(c3F)CN(C3CCC(=O)NC3=O)C4=O)CC2)CCN1CC1CCN(c2cc(-c3n[nH]c4cnc(OC5(C)CC5)cc34)ncn2)CC1. The number of pyridine rings is 1. The number of hydrogen-bond donors (Lipinski definition) is 2. The molecule has 1 saturated carbocycles. The fourth-order valence-electron chi connectivity index (χ4n) is 10.1. The van der Waals surface area contributed by atoms with E-state index in [9.17, 15) is 14.4 Å². The minimum absolute atomic E-state index is 0.0464. The number of rotatable bonds is 10. The predicted molar refractivity (Wildman–Crippen MR) is 223 cm³/mol. The molecule has 0 bridgehead atoms. The molecular formula is C44H54FN11O4. The van der Waals surface area contributed by atoms with E-state index in [0.717, 1.165) is 126 Å². The summed E-state index contributed by atoms with van der Waals surface area (Å²) in [5.74, 6) is 1.21. The summed E-state index contributed by atoms with van der Waals surface area (Å²) in [6.45, 7) is 13.4. The highest BCUT2D eigenvalue weighted by Crippen LogP contribution is 2.40. The summed E-state index contributed by atoms with van der Waals surface area (Å²) in [6, 6.07) is 7.18. The number of nitrogens with zero attached hydrogens (tertiary/aromatic N) is 9. The maximum absolute atomic E-state index is 16.0. The Morgan fingerprint density at radius 2 is 1.67 bits per heavy atom. The minimum atomic E-state index is -0.755. The van der Waals surface area contributed by atoms with Crippen LogP contribution in [-0.2, 0) is 16.1 Å². The van der Waals surface area contributed by atoms with Gasteiger partial charge in [-0.15, -0.1) is 0 Å². The minimum Gasteiger partial charge on any atom is -0.471 e. The number of H-pyrrole nitrogens is 1. The first kappa shape index (κ1) is 38.9. The second-order valence-corrected chi connectivity index (χ2v) is 18.2. The molecule has 15 nitrogen and oxygen atoms in total. The van der Waals surface area contributed by atoms with Crippen LogP contribution in [0.15, 0.2) is 36.8 Å². The number of amides is 3. The van der Waals surface area contributed by atoms with E-state index in [1.807, 2.05) is 6.07 Å². The Balaban J connectivity index is 0.680. The van der Waals surface area contributed by atoms with Crippen molar-refractivity contribution in [3.05, 3.63) is 53.7 Å². The standard InChI is InChI=1S/C44H54FN11O4/c1-27-22-52(23-28-7-13-53(14-8-28)35-4-3-30-32(40(35)45)25-56(43(30)59)36-5-6-38(57)49-42(36)58)17-18-55(27)24-29-9-15-54(16-10-29)37-20-33(47-26-48-37)41-31-19-39(60-44(2)11-12-44)46-21-34(31)50-51-41/h3-4,19-21,26-29,36H,5-18,22-25H2,1-2H3,(H,50,51)(H,49,57,58)/t27-,36?/m0/s1. The molecule has 2 atom stereocenters. The van der Waals surface area contributed by atoms with Crippen LogP contribution in [0.1, 0.15) is 81.1 Å². The average Bonchev–Trinajstić information content (AvgIpc) is 3.66. The van der Waals surface area contributed by atoms with E-state index >= 15 is 4.39 Å². The van der Waals surface area contributed by atoms with Gasteiger partial charge in [0.15, 0.2) is 5.82 Å². The van der Waals surface area contributed by atoms with Crippen molar-refractivity contribution < 1.29 is 23.5 Å². The van der Waals surface area contributed by atoms with E-state index in [0.29, 0.717) is 40.6 Å². The zero-order valence-corrected chi connectivity index (χ0v) is 34.5. The number of halogens is 1. The summed E-state index contributed by atoms with van der Waals surface area (Å²) in [5, 5.41) is 11.0. The first-order valence-electron chi connectivity index (χ1n) is 21.9. The maximum atomic E-state index is 16.0. The molecule has 4 aromatic rings. The molecule has 2 N–H and O–H groups in total. The lowest BCUT2D eigenvalue weighted by atomic mass is 9.93. The number of imide groups is 1. The molecule has 1 aromatic carbocycles. The van der Waals surface area contributed by atoms with Gasteiger partial charge in [-0.25, -0.2) is 19.3 Å². The molecule has 4 saturated heterocycles. The fraction of sp³-hybridized carbons (Fsp3) is 0.568. The molecule has 60 heavy (non-hydrogen) atoms. The molecule has 10 rings (SSSR count). The zero-order chi connectivity index (χ0) is 41.1. The van der Waals surface area contributed by atoms with Gasteiger partial charge in [0, 0.05) is 100 Å². The van der Waals surface area contributed by atoms with Crippen LogP contribution in [0.4, 0.5) is 15.9 Å².